The van der Waals surface area contributed by atoms with Crippen LogP contribution >= 0.6 is 0 Å². The predicted molar refractivity (Wildman–Crippen MR) is 90.8 cm³/mol. The smallest absolute Gasteiger partial charge is 0.276 e. The van der Waals surface area contributed by atoms with Crippen molar-refractivity contribution in [2.75, 3.05) is 10.6 Å². The summed E-state index contributed by atoms with van der Waals surface area (Å²) in [4.78, 5) is 12.1. The SMILES string of the molecule is Cc1cccc(Nc2ccc(C(=O)Nc3cccc(F)c3)nn2)c1. The summed E-state index contributed by atoms with van der Waals surface area (Å²) in [7, 11) is 0. The first-order valence-electron chi connectivity index (χ1n) is 7.34. The van der Waals surface area contributed by atoms with E-state index in [2.05, 4.69) is 20.8 Å². The van der Waals surface area contributed by atoms with Crippen LogP contribution in [-0.2, 0) is 0 Å². The van der Waals surface area contributed by atoms with E-state index in [0.29, 0.717) is 11.5 Å². The summed E-state index contributed by atoms with van der Waals surface area (Å²) in [5.41, 5.74) is 2.53. The number of anilines is 3. The van der Waals surface area contributed by atoms with Crippen molar-refractivity contribution in [2.24, 2.45) is 0 Å². The van der Waals surface area contributed by atoms with Crippen molar-refractivity contribution in [1.82, 2.24) is 10.2 Å². The Labute approximate surface area is 138 Å². The number of aryl methyl sites for hydroxylation is 1. The van der Waals surface area contributed by atoms with E-state index >= 15 is 0 Å². The number of halogens is 1. The predicted octanol–water partition coefficient (Wildman–Crippen LogP) is 3.92. The molecule has 3 rings (SSSR count). The zero-order chi connectivity index (χ0) is 16.9. The third-order valence-corrected chi connectivity index (χ3v) is 3.27. The van der Waals surface area contributed by atoms with Crippen LogP contribution in [-0.4, -0.2) is 16.1 Å². The Morgan fingerprint density at radius 2 is 1.75 bits per heavy atom. The number of nitrogens with zero attached hydrogens (tertiary/aromatic N) is 2. The second-order valence-corrected chi connectivity index (χ2v) is 5.26. The molecule has 0 saturated carbocycles. The molecule has 0 aliphatic rings. The van der Waals surface area contributed by atoms with Crippen molar-refractivity contribution >= 4 is 23.1 Å². The second kappa shape index (κ2) is 6.87. The lowest BCUT2D eigenvalue weighted by atomic mass is 10.2. The molecule has 0 aliphatic carbocycles. The molecule has 0 bridgehead atoms. The van der Waals surface area contributed by atoms with Gasteiger partial charge in [-0.25, -0.2) is 4.39 Å². The summed E-state index contributed by atoms with van der Waals surface area (Å²) in [5, 5.41) is 13.6. The summed E-state index contributed by atoms with van der Waals surface area (Å²) in [6.07, 6.45) is 0. The molecule has 0 atom stereocenters. The van der Waals surface area contributed by atoms with E-state index < -0.39 is 11.7 Å². The van der Waals surface area contributed by atoms with Crippen LogP contribution in [0.2, 0.25) is 0 Å². The van der Waals surface area contributed by atoms with Gasteiger partial charge in [-0.05, 0) is 55.0 Å². The standard InChI is InChI=1S/C18H15FN4O/c1-12-4-2-6-14(10-12)20-17-9-8-16(22-23-17)18(24)21-15-7-3-5-13(19)11-15/h2-11H,1H3,(H,20,23)(H,21,24). The number of amides is 1. The van der Waals surface area contributed by atoms with Gasteiger partial charge in [0, 0.05) is 11.4 Å². The van der Waals surface area contributed by atoms with Crippen molar-refractivity contribution in [2.45, 2.75) is 6.92 Å². The van der Waals surface area contributed by atoms with Gasteiger partial charge in [0.1, 0.15) is 5.82 Å². The summed E-state index contributed by atoms with van der Waals surface area (Å²) >= 11 is 0. The molecule has 24 heavy (non-hydrogen) atoms. The van der Waals surface area contributed by atoms with Gasteiger partial charge in [-0.2, -0.15) is 0 Å². The summed E-state index contributed by atoms with van der Waals surface area (Å²) in [5.74, 6) is -0.338. The first-order valence-corrected chi connectivity index (χ1v) is 7.34. The Balaban J connectivity index is 1.68. The number of rotatable bonds is 4. The van der Waals surface area contributed by atoms with E-state index in [-0.39, 0.29) is 5.69 Å². The zero-order valence-corrected chi connectivity index (χ0v) is 13.0. The molecule has 3 aromatic rings. The third kappa shape index (κ3) is 3.92. The molecule has 5 nitrogen and oxygen atoms in total. The Bertz CT molecular complexity index is 865. The van der Waals surface area contributed by atoms with Gasteiger partial charge in [0.2, 0.25) is 0 Å². The zero-order valence-electron chi connectivity index (χ0n) is 13.0. The van der Waals surface area contributed by atoms with Crippen molar-refractivity contribution in [3.8, 4) is 0 Å². The van der Waals surface area contributed by atoms with Crippen LogP contribution in [0.15, 0.2) is 60.7 Å². The maximum Gasteiger partial charge on any atom is 0.276 e. The minimum Gasteiger partial charge on any atom is -0.339 e. The molecule has 1 heterocycles. The Morgan fingerprint density at radius 1 is 0.958 bits per heavy atom. The molecule has 2 N–H and O–H groups in total. The number of carbonyl (C=O) groups excluding carboxylic acids is 1. The molecule has 0 radical (unpaired) electrons. The highest BCUT2D eigenvalue weighted by Crippen LogP contribution is 2.15. The van der Waals surface area contributed by atoms with Gasteiger partial charge in [0.05, 0.1) is 0 Å². The van der Waals surface area contributed by atoms with Crippen LogP contribution < -0.4 is 10.6 Å². The maximum atomic E-state index is 13.1. The van der Waals surface area contributed by atoms with Crippen LogP contribution in [0.25, 0.3) is 0 Å². The van der Waals surface area contributed by atoms with Gasteiger partial charge in [-0.15, -0.1) is 10.2 Å². The van der Waals surface area contributed by atoms with E-state index in [1.165, 1.54) is 18.2 Å². The molecular formula is C18H15FN4O. The molecular weight excluding hydrogens is 307 g/mol. The van der Waals surface area contributed by atoms with Crippen molar-refractivity contribution < 1.29 is 9.18 Å². The third-order valence-electron chi connectivity index (χ3n) is 3.27. The minimum absolute atomic E-state index is 0.147. The number of hydrogen-bond donors (Lipinski definition) is 2. The summed E-state index contributed by atoms with van der Waals surface area (Å²) in [6, 6.07) is 16.7. The molecule has 0 saturated heterocycles. The largest absolute Gasteiger partial charge is 0.339 e. The topological polar surface area (TPSA) is 66.9 Å². The lowest BCUT2D eigenvalue weighted by Crippen LogP contribution is -2.14. The Morgan fingerprint density at radius 3 is 2.46 bits per heavy atom. The van der Waals surface area contributed by atoms with Gasteiger partial charge in [-0.3, -0.25) is 4.79 Å². The van der Waals surface area contributed by atoms with Gasteiger partial charge >= 0.3 is 0 Å². The molecule has 0 aliphatic heterocycles. The quantitative estimate of drug-likeness (QED) is 0.764. The van der Waals surface area contributed by atoms with E-state index in [1.54, 1.807) is 18.2 Å². The molecule has 1 aromatic heterocycles. The monoisotopic (exact) mass is 322 g/mol. The van der Waals surface area contributed by atoms with Crippen LogP contribution in [0, 0.1) is 12.7 Å². The maximum absolute atomic E-state index is 13.1. The fourth-order valence-electron chi connectivity index (χ4n) is 2.15. The van der Waals surface area contributed by atoms with E-state index in [9.17, 15) is 9.18 Å². The molecule has 6 heteroatoms. The van der Waals surface area contributed by atoms with Crippen LogP contribution in [0.5, 0.6) is 0 Å². The summed E-state index contributed by atoms with van der Waals surface area (Å²) < 4.78 is 13.1. The first-order chi connectivity index (χ1) is 11.6. The van der Waals surface area contributed by atoms with Gasteiger partial charge in [0.25, 0.3) is 5.91 Å². The highest BCUT2D eigenvalue weighted by atomic mass is 19.1. The second-order valence-electron chi connectivity index (χ2n) is 5.26. The van der Waals surface area contributed by atoms with Crippen LogP contribution in [0.4, 0.5) is 21.6 Å². The molecule has 0 fully saturated rings. The summed E-state index contributed by atoms with van der Waals surface area (Å²) in [6.45, 7) is 2.00. The van der Waals surface area contributed by atoms with E-state index in [4.69, 9.17) is 0 Å². The van der Waals surface area contributed by atoms with Crippen molar-refractivity contribution in [3.05, 3.63) is 77.7 Å². The normalized spacial score (nSPS) is 10.2. The number of hydrogen-bond acceptors (Lipinski definition) is 4. The van der Waals surface area contributed by atoms with Gasteiger partial charge < -0.3 is 10.6 Å². The average Bonchev–Trinajstić information content (AvgIpc) is 2.55. The van der Waals surface area contributed by atoms with Crippen LogP contribution in [0.1, 0.15) is 16.1 Å². The van der Waals surface area contributed by atoms with Crippen molar-refractivity contribution in [3.63, 3.8) is 0 Å². The number of carbonyl (C=O) groups is 1. The molecule has 0 unspecified atom stereocenters. The number of nitrogens with one attached hydrogen (secondary N) is 2. The Hall–Kier alpha value is -3.28. The van der Waals surface area contributed by atoms with E-state index in [1.807, 2.05) is 31.2 Å². The fourth-order valence-corrected chi connectivity index (χ4v) is 2.15. The van der Waals surface area contributed by atoms with Gasteiger partial charge in [-0.1, -0.05) is 18.2 Å². The molecule has 2 aromatic carbocycles. The molecule has 120 valence electrons. The molecule has 1 amide bonds. The van der Waals surface area contributed by atoms with E-state index in [0.717, 1.165) is 11.3 Å². The minimum atomic E-state index is -0.449. The average molecular weight is 322 g/mol. The van der Waals surface area contributed by atoms with Gasteiger partial charge in [0.15, 0.2) is 11.5 Å². The fraction of sp³-hybridized carbons (Fsp3) is 0.0556. The molecule has 0 spiro atoms. The number of benzene rings is 2. The Kier molecular flexibility index (Phi) is 4.47. The number of aromatic nitrogens is 2. The first kappa shape index (κ1) is 15.6. The lowest BCUT2D eigenvalue weighted by Gasteiger charge is -2.07. The van der Waals surface area contributed by atoms with Crippen LogP contribution in [0.3, 0.4) is 0 Å². The highest BCUT2D eigenvalue weighted by molar-refractivity contribution is 6.02. The highest BCUT2D eigenvalue weighted by Gasteiger charge is 2.09. The van der Waals surface area contributed by atoms with Crippen molar-refractivity contribution in [1.29, 1.82) is 0 Å². The lowest BCUT2D eigenvalue weighted by molar-refractivity contribution is 0.102.